The van der Waals surface area contributed by atoms with Gasteiger partial charge in [-0.3, -0.25) is 0 Å². The van der Waals surface area contributed by atoms with Gasteiger partial charge in [-0.05, 0) is 0 Å². The van der Waals surface area contributed by atoms with Gasteiger partial charge in [-0.2, -0.15) is 0 Å². The number of carbonyl (C=O) groups is 1. The first-order valence-corrected chi connectivity index (χ1v) is 1.49. The molecule has 0 amide bonds. The Morgan fingerprint density at radius 3 is 1.29 bits per heavy atom. The molecule has 7 heavy (non-hydrogen) atoms. The minimum absolute atomic E-state index is 0. The number of hydrogen-bond acceptors (Lipinski definition) is 2. The van der Waals surface area contributed by atoms with Crippen molar-refractivity contribution in [1.29, 1.82) is 0 Å². The number of carboxylic acid groups (broad SMARTS) is 2. The van der Waals surface area contributed by atoms with Gasteiger partial charge in [0.2, 0.25) is 0 Å². The average molecular weight is 134 g/mol. The van der Waals surface area contributed by atoms with E-state index in [4.69, 9.17) is 18.3 Å². The zero-order chi connectivity index (χ0) is 5.58. The van der Waals surface area contributed by atoms with Crippen LogP contribution in [0.5, 0.6) is 0 Å². The molecule has 0 saturated carbocycles. The van der Waals surface area contributed by atoms with Crippen molar-refractivity contribution in [2.45, 2.75) is 0 Å². The molecular weight excluding hydrogens is 131 g/mol. The third kappa shape index (κ3) is 841. The Labute approximate surface area is 63.8 Å². The van der Waals surface area contributed by atoms with Crippen LogP contribution in [0.2, 0.25) is 0 Å². The van der Waals surface area contributed by atoms with Crippen LogP contribution in [0.15, 0.2) is 0 Å². The van der Waals surface area contributed by atoms with Crippen molar-refractivity contribution < 1.29 is 38.7 Å². The first-order valence-electron chi connectivity index (χ1n) is 0.855. The van der Waals surface area contributed by atoms with Gasteiger partial charge in [0.25, 0.3) is 0 Å². The van der Waals surface area contributed by atoms with Crippen molar-refractivity contribution in [3.63, 3.8) is 0 Å². The fourth-order valence-electron chi connectivity index (χ4n) is 0. The molecule has 0 saturated heterocycles. The molecule has 0 aromatic heterocycles. The normalized spacial score (nSPS) is 3.86. The number of rotatable bonds is 0. The first-order chi connectivity index (χ1) is 2.73. The molecule has 0 fully saturated rings. The van der Waals surface area contributed by atoms with Crippen molar-refractivity contribution in [1.82, 2.24) is 0 Å². The van der Waals surface area contributed by atoms with Crippen molar-refractivity contribution in [3.05, 3.63) is 0 Å². The molecule has 6 heteroatoms. The molecule has 2 N–H and O–H groups in total. The van der Waals surface area contributed by atoms with Crippen molar-refractivity contribution in [2.24, 2.45) is 0 Å². The van der Waals surface area contributed by atoms with Crippen LogP contribution in [-0.4, -0.2) is 35.2 Å². The van der Waals surface area contributed by atoms with E-state index in [1.54, 1.807) is 0 Å². The molecule has 0 aromatic carbocycles. The second kappa shape index (κ2) is 16.2. The van der Waals surface area contributed by atoms with Gasteiger partial charge >= 0.3 is 48.7 Å². The summed E-state index contributed by atoms with van der Waals surface area (Å²) >= 11 is 0.750. The van der Waals surface area contributed by atoms with Crippen molar-refractivity contribution in [3.8, 4) is 0 Å². The zero-order valence-electron chi connectivity index (χ0n) is 2.71. The number of hydrogen-bond donors (Lipinski definition) is 2. The topological polar surface area (TPSA) is 74.6 Å². The van der Waals surface area contributed by atoms with E-state index in [1.165, 1.54) is 0 Å². The molecule has 0 aliphatic carbocycles. The molecular formula is CH3LiO4Ti. The standard InChI is InChI=1S/CH2O3.Li.O.Ti.H/c2-1(3)4;;;;/h(H2,2,3,4);;;;. The molecule has 36 valence electrons. The van der Waals surface area contributed by atoms with Crippen LogP contribution in [0.25, 0.3) is 0 Å². The van der Waals surface area contributed by atoms with Gasteiger partial charge in [0, 0.05) is 0 Å². The van der Waals surface area contributed by atoms with E-state index in [9.17, 15) is 0 Å². The predicted molar refractivity (Wildman–Crippen MR) is 18.5 cm³/mol. The van der Waals surface area contributed by atoms with Crippen LogP contribution in [0.4, 0.5) is 4.79 Å². The summed E-state index contributed by atoms with van der Waals surface area (Å²) in [6, 6.07) is 0. The monoisotopic (exact) mass is 134 g/mol. The molecule has 0 aliphatic heterocycles. The van der Waals surface area contributed by atoms with E-state index < -0.39 is 6.16 Å². The maximum absolute atomic E-state index is 8.56. The average Bonchev–Trinajstić information content (AvgIpc) is 1.41. The molecule has 4 nitrogen and oxygen atoms in total. The van der Waals surface area contributed by atoms with Gasteiger partial charge in [-0.15, -0.1) is 0 Å². The van der Waals surface area contributed by atoms with Gasteiger partial charge in [-0.25, -0.2) is 4.79 Å². The first kappa shape index (κ1) is 15.7. The quantitative estimate of drug-likeness (QED) is 0.436. The Morgan fingerprint density at radius 2 is 1.29 bits per heavy atom. The van der Waals surface area contributed by atoms with E-state index in [0.717, 1.165) is 20.4 Å². The fraction of sp³-hybridized carbons (Fsp3) is 0. The van der Waals surface area contributed by atoms with E-state index in [2.05, 4.69) is 0 Å². The van der Waals surface area contributed by atoms with Gasteiger partial charge in [0.1, 0.15) is 0 Å². The molecule has 0 heterocycles. The summed E-state index contributed by atoms with van der Waals surface area (Å²) < 4.78 is 8.25. The predicted octanol–water partition coefficient (Wildman–Crippen LogP) is -0.547. The van der Waals surface area contributed by atoms with Crippen LogP contribution in [-0.2, 0) is 23.7 Å². The molecule has 0 rings (SSSR count). The SMILES string of the molecule is O=C(O)O.[LiH].[O]=[Ti]. The summed E-state index contributed by atoms with van der Waals surface area (Å²) in [5.41, 5.74) is 0. The summed E-state index contributed by atoms with van der Waals surface area (Å²) in [5, 5.41) is 13.9. The molecule has 0 bridgehead atoms. The summed E-state index contributed by atoms with van der Waals surface area (Å²) in [4.78, 5) is 8.56. The molecule has 0 spiro atoms. The van der Waals surface area contributed by atoms with Crippen molar-refractivity contribution in [2.75, 3.05) is 0 Å². The van der Waals surface area contributed by atoms with Gasteiger partial charge < -0.3 is 10.2 Å². The second-order valence-corrected chi connectivity index (χ2v) is 0.283. The van der Waals surface area contributed by atoms with Crippen LogP contribution in [0.1, 0.15) is 0 Å². The second-order valence-electron chi connectivity index (χ2n) is 0.283. The van der Waals surface area contributed by atoms with Crippen LogP contribution in [0.3, 0.4) is 0 Å². The third-order valence-corrected chi connectivity index (χ3v) is 0. The molecule has 0 radical (unpaired) electrons. The van der Waals surface area contributed by atoms with E-state index in [-0.39, 0.29) is 18.9 Å². The summed E-state index contributed by atoms with van der Waals surface area (Å²) in [6.45, 7) is 0. The third-order valence-electron chi connectivity index (χ3n) is 0. The summed E-state index contributed by atoms with van der Waals surface area (Å²) in [7, 11) is 0. The van der Waals surface area contributed by atoms with Gasteiger partial charge in [0.05, 0.1) is 0 Å². The van der Waals surface area contributed by atoms with Crippen molar-refractivity contribution >= 4 is 25.0 Å². The Bertz CT molecular complexity index is 43.0. The summed E-state index contributed by atoms with van der Waals surface area (Å²) in [5.74, 6) is 0. The maximum atomic E-state index is 8.56. The van der Waals surface area contributed by atoms with E-state index >= 15 is 0 Å². The summed E-state index contributed by atoms with van der Waals surface area (Å²) in [6.07, 6.45) is -1.83. The Morgan fingerprint density at radius 1 is 1.29 bits per heavy atom. The molecule has 0 unspecified atom stereocenters. The molecule has 0 aromatic rings. The Hall–Kier alpha value is 0.382. The Kier molecular flexibility index (Phi) is 36.2. The fourth-order valence-corrected chi connectivity index (χ4v) is 0. The van der Waals surface area contributed by atoms with Gasteiger partial charge in [-0.1, -0.05) is 0 Å². The van der Waals surface area contributed by atoms with Crippen LogP contribution >= 0.6 is 0 Å². The minimum atomic E-state index is -1.83. The van der Waals surface area contributed by atoms with Crippen LogP contribution < -0.4 is 0 Å². The zero-order valence-corrected chi connectivity index (χ0v) is 4.27. The molecule has 0 atom stereocenters. The van der Waals surface area contributed by atoms with Crippen LogP contribution in [0, 0.1) is 0 Å². The van der Waals surface area contributed by atoms with E-state index in [1.807, 2.05) is 0 Å². The Balaban J connectivity index is -0.0000000480. The molecule has 0 aliphatic rings. The van der Waals surface area contributed by atoms with Gasteiger partial charge in [0.15, 0.2) is 0 Å². The van der Waals surface area contributed by atoms with E-state index in [0.29, 0.717) is 0 Å².